The molecule has 1 amide bonds. The number of benzene rings is 1. The van der Waals surface area contributed by atoms with Gasteiger partial charge in [-0.05, 0) is 44.9 Å². The highest BCUT2D eigenvalue weighted by Crippen LogP contribution is 2.34. The number of nitrogens with zero attached hydrogens (tertiary/aromatic N) is 2. The van der Waals surface area contributed by atoms with E-state index in [1.165, 1.54) is 25.0 Å². The lowest BCUT2D eigenvalue weighted by molar-refractivity contribution is 0.0873. The molecule has 2 bridgehead atoms. The molecule has 0 unspecified atom stereocenters. The first kappa shape index (κ1) is 13.7. The zero-order valence-corrected chi connectivity index (χ0v) is 12.5. The Bertz CT molecular complexity index is 714. The molecule has 2 aliphatic rings. The molecule has 22 heavy (non-hydrogen) atoms. The number of hydrogen-bond acceptors (Lipinski definition) is 3. The van der Waals surface area contributed by atoms with Crippen molar-refractivity contribution in [2.45, 2.75) is 43.8 Å². The number of imidazole rings is 1. The summed E-state index contributed by atoms with van der Waals surface area (Å²) in [6.07, 6.45) is 4.43. The van der Waals surface area contributed by atoms with Crippen molar-refractivity contribution in [2.75, 3.05) is 7.05 Å². The third-order valence-electron chi connectivity index (χ3n) is 5.09. The Kier molecular flexibility index (Phi) is 3.14. The molecule has 0 spiro atoms. The first-order valence-electron chi connectivity index (χ1n) is 7.78. The van der Waals surface area contributed by atoms with Crippen LogP contribution < -0.4 is 5.32 Å². The zero-order valence-electron chi connectivity index (χ0n) is 12.5. The van der Waals surface area contributed by atoms with Crippen LogP contribution in [-0.2, 0) is 0 Å². The van der Waals surface area contributed by atoms with Crippen molar-refractivity contribution in [1.29, 1.82) is 0 Å². The third-order valence-corrected chi connectivity index (χ3v) is 5.09. The number of aromatic nitrogens is 2. The lowest BCUT2D eigenvalue weighted by Crippen LogP contribution is -2.48. The summed E-state index contributed by atoms with van der Waals surface area (Å²) in [4.78, 5) is 22.0. The van der Waals surface area contributed by atoms with E-state index in [1.54, 1.807) is 6.07 Å². The third kappa shape index (κ3) is 2.27. The first-order chi connectivity index (χ1) is 10.6. The molecule has 116 valence electrons. The number of carbonyl (C=O) groups is 1. The number of carbonyl (C=O) groups excluding carboxylic acids is 1. The molecule has 4 rings (SSSR count). The number of hydrogen-bond donors (Lipinski definition) is 2. The molecule has 1 aromatic carbocycles. The monoisotopic (exact) mass is 302 g/mol. The number of amides is 1. The van der Waals surface area contributed by atoms with E-state index in [9.17, 15) is 9.18 Å². The summed E-state index contributed by atoms with van der Waals surface area (Å²) < 4.78 is 13.2. The quantitative estimate of drug-likeness (QED) is 0.892. The van der Waals surface area contributed by atoms with E-state index in [2.05, 4.69) is 27.2 Å². The average molecular weight is 302 g/mol. The van der Waals surface area contributed by atoms with Crippen LogP contribution in [-0.4, -0.2) is 45.9 Å². The highest BCUT2D eigenvalue weighted by Gasteiger charge is 2.39. The van der Waals surface area contributed by atoms with Crippen LogP contribution in [0, 0.1) is 5.82 Å². The molecular formula is C16H19FN4O. The van der Waals surface area contributed by atoms with Crippen molar-refractivity contribution in [3.05, 3.63) is 29.8 Å². The van der Waals surface area contributed by atoms with E-state index in [0.717, 1.165) is 12.8 Å². The molecule has 3 atom stereocenters. The maximum absolute atomic E-state index is 13.2. The topological polar surface area (TPSA) is 61.0 Å². The molecule has 2 aromatic rings. The maximum atomic E-state index is 13.2. The van der Waals surface area contributed by atoms with E-state index < -0.39 is 0 Å². The molecule has 3 heterocycles. The normalized spacial score (nSPS) is 28.2. The summed E-state index contributed by atoms with van der Waals surface area (Å²) in [6, 6.07) is 5.65. The first-order valence-corrected chi connectivity index (χ1v) is 7.78. The molecule has 2 N–H and O–H groups in total. The Morgan fingerprint density at radius 2 is 2.09 bits per heavy atom. The molecular weight excluding hydrogens is 283 g/mol. The Labute approximate surface area is 127 Å². The molecule has 5 nitrogen and oxygen atoms in total. The van der Waals surface area contributed by atoms with Gasteiger partial charge < -0.3 is 15.2 Å². The van der Waals surface area contributed by atoms with Gasteiger partial charge in [-0.1, -0.05) is 0 Å². The van der Waals surface area contributed by atoms with Crippen LogP contribution in [0.4, 0.5) is 4.39 Å². The SMILES string of the molecule is CN1[C@@H]2CC[C@H]1C[C@@H](NC(=O)c1nc3cc(F)ccc3[nH]1)C2. The largest absolute Gasteiger partial charge is 0.347 e. The lowest BCUT2D eigenvalue weighted by Gasteiger charge is -2.36. The van der Waals surface area contributed by atoms with Crippen LogP contribution in [0.25, 0.3) is 11.0 Å². The highest BCUT2D eigenvalue weighted by molar-refractivity contribution is 5.94. The van der Waals surface area contributed by atoms with Gasteiger partial charge in [0.1, 0.15) is 5.82 Å². The molecule has 0 radical (unpaired) electrons. The second kappa shape index (κ2) is 5.05. The van der Waals surface area contributed by atoms with Gasteiger partial charge in [-0.3, -0.25) is 4.79 Å². The minimum atomic E-state index is -0.349. The van der Waals surface area contributed by atoms with Crippen molar-refractivity contribution in [1.82, 2.24) is 20.2 Å². The minimum Gasteiger partial charge on any atom is -0.347 e. The van der Waals surface area contributed by atoms with Gasteiger partial charge in [0.05, 0.1) is 11.0 Å². The number of rotatable bonds is 2. The Morgan fingerprint density at radius 1 is 1.36 bits per heavy atom. The van der Waals surface area contributed by atoms with Gasteiger partial charge in [0.25, 0.3) is 5.91 Å². The van der Waals surface area contributed by atoms with Gasteiger partial charge in [-0.2, -0.15) is 0 Å². The van der Waals surface area contributed by atoms with Crippen molar-refractivity contribution in [2.24, 2.45) is 0 Å². The molecule has 6 heteroatoms. The summed E-state index contributed by atoms with van der Waals surface area (Å²) in [7, 11) is 2.17. The fraction of sp³-hybridized carbons (Fsp3) is 0.500. The second-order valence-corrected chi connectivity index (χ2v) is 6.44. The number of nitrogens with one attached hydrogen (secondary N) is 2. The smallest absolute Gasteiger partial charge is 0.287 e. The second-order valence-electron chi connectivity index (χ2n) is 6.44. The highest BCUT2D eigenvalue weighted by atomic mass is 19.1. The van der Waals surface area contributed by atoms with Gasteiger partial charge in [-0.15, -0.1) is 0 Å². The van der Waals surface area contributed by atoms with Crippen LogP contribution in [0.3, 0.4) is 0 Å². The van der Waals surface area contributed by atoms with Gasteiger partial charge in [0.15, 0.2) is 5.82 Å². The van der Waals surface area contributed by atoms with Crippen LogP contribution >= 0.6 is 0 Å². The summed E-state index contributed by atoms with van der Waals surface area (Å²) in [5, 5.41) is 3.08. The summed E-state index contributed by atoms with van der Waals surface area (Å²) in [5.41, 5.74) is 1.16. The van der Waals surface area contributed by atoms with Crippen LogP contribution in [0.5, 0.6) is 0 Å². The van der Waals surface area contributed by atoms with E-state index in [0.29, 0.717) is 23.1 Å². The number of halogens is 1. The fourth-order valence-electron chi connectivity index (χ4n) is 3.87. The van der Waals surface area contributed by atoms with Crippen LogP contribution in [0.1, 0.15) is 36.3 Å². The predicted octanol–water partition coefficient (Wildman–Crippen LogP) is 2.06. The molecule has 0 saturated carbocycles. The van der Waals surface area contributed by atoms with Crippen molar-refractivity contribution < 1.29 is 9.18 Å². The summed E-state index contributed by atoms with van der Waals surface area (Å²) in [6.45, 7) is 0. The van der Waals surface area contributed by atoms with Gasteiger partial charge in [0.2, 0.25) is 0 Å². The molecule has 2 aliphatic heterocycles. The van der Waals surface area contributed by atoms with Crippen LogP contribution in [0.2, 0.25) is 0 Å². The van der Waals surface area contributed by atoms with Crippen molar-refractivity contribution in [3.8, 4) is 0 Å². The van der Waals surface area contributed by atoms with E-state index in [1.807, 2.05) is 0 Å². The van der Waals surface area contributed by atoms with Crippen molar-refractivity contribution in [3.63, 3.8) is 0 Å². The van der Waals surface area contributed by atoms with Crippen molar-refractivity contribution >= 4 is 16.9 Å². The number of fused-ring (bicyclic) bond motifs is 3. The van der Waals surface area contributed by atoms with Gasteiger partial charge in [-0.25, -0.2) is 9.37 Å². The molecule has 1 aromatic heterocycles. The Balaban J connectivity index is 1.49. The average Bonchev–Trinajstić information content (AvgIpc) is 2.97. The van der Waals surface area contributed by atoms with E-state index >= 15 is 0 Å². The minimum absolute atomic E-state index is 0.200. The predicted molar refractivity (Wildman–Crippen MR) is 81.1 cm³/mol. The Morgan fingerprint density at radius 3 is 2.82 bits per heavy atom. The number of aromatic amines is 1. The summed E-state index contributed by atoms with van der Waals surface area (Å²) in [5.74, 6) is -0.296. The molecule has 2 fully saturated rings. The fourth-order valence-corrected chi connectivity index (χ4v) is 3.87. The zero-order chi connectivity index (χ0) is 15.3. The number of piperidine rings is 1. The molecule has 0 aliphatic carbocycles. The standard InChI is InChI=1S/C16H19FN4O/c1-21-11-3-4-12(21)8-10(7-11)18-16(22)15-19-13-5-2-9(17)6-14(13)20-15/h2,5-6,10-12H,3-4,7-8H2,1H3,(H,18,22)(H,19,20)/t10-,11+,12-. The van der Waals surface area contributed by atoms with Gasteiger partial charge >= 0.3 is 0 Å². The Hall–Kier alpha value is -1.95. The van der Waals surface area contributed by atoms with E-state index in [4.69, 9.17) is 0 Å². The molecule has 2 saturated heterocycles. The summed E-state index contributed by atoms with van der Waals surface area (Å²) >= 11 is 0. The van der Waals surface area contributed by atoms with E-state index in [-0.39, 0.29) is 23.6 Å². The lowest BCUT2D eigenvalue weighted by atomic mass is 9.98. The van der Waals surface area contributed by atoms with Gasteiger partial charge in [0, 0.05) is 24.2 Å². The van der Waals surface area contributed by atoms with Crippen LogP contribution in [0.15, 0.2) is 18.2 Å². The number of H-pyrrole nitrogens is 1. The maximum Gasteiger partial charge on any atom is 0.287 e.